The Kier molecular flexibility index (Phi) is 2.10. The second-order valence-corrected chi connectivity index (χ2v) is 3.94. The maximum atomic E-state index is 12.0. The number of carbonyl (C=O) groups excluding carboxylic acids is 1. The van der Waals surface area contributed by atoms with Crippen LogP contribution in [0.4, 0.5) is 5.69 Å². The maximum absolute atomic E-state index is 12.0. The third-order valence-electron chi connectivity index (χ3n) is 2.87. The van der Waals surface area contributed by atoms with Gasteiger partial charge in [0.2, 0.25) is 0 Å². The van der Waals surface area contributed by atoms with E-state index in [0.717, 1.165) is 0 Å². The lowest BCUT2D eigenvalue weighted by Crippen LogP contribution is -2.18. The van der Waals surface area contributed by atoms with E-state index in [1.54, 1.807) is 18.3 Å². The molecule has 0 radical (unpaired) electrons. The summed E-state index contributed by atoms with van der Waals surface area (Å²) in [5.74, 6) is -1.54. The molecule has 1 aliphatic rings. The summed E-state index contributed by atoms with van der Waals surface area (Å²) in [6.45, 7) is 0. The van der Waals surface area contributed by atoms with E-state index in [9.17, 15) is 9.90 Å². The summed E-state index contributed by atoms with van der Waals surface area (Å²) < 4.78 is 0. The lowest BCUT2D eigenvalue weighted by Gasteiger charge is -2.15. The fourth-order valence-corrected chi connectivity index (χ4v) is 2.02. The van der Waals surface area contributed by atoms with Crippen LogP contribution < -0.4 is 0 Å². The molecule has 1 aromatic carbocycles. The van der Waals surface area contributed by atoms with Gasteiger partial charge in [-0.15, -0.1) is 0 Å². The van der Waals surface area contributed by atoms with Gasteiger partial charge in [0.15, 0.2) is 5.78 Å². The highest BCUT2D eigenvalue weighted by atomic mass is 16.3. The van der Waals surface area contributed by atoms with Crippen molar-refractivity contribution in [3.8, 4) is 11.8 Å². The Morgan fingerprint density at radius 3 is 3.06 bits per heavy atom. The molecular formula is C13H7N3O2. The Bertz CT molecular complexity index is 744. The normalized spacial score (nSPS) is 17.5. The van der Waals surface area contributed by atoms with Gasteiger partial charge in [0, 0.05) is 17.8 Å². The first-order chi connectivity index (χ1) is 8.72. The maximum Gasteiger partial charge on any atom is 0.191 e. The first-order valence-corrected chi connectivity index (χ1v) is 5.31. The van der Waals surface area contributed by atoms with Gasteiger partial charge in [-0.3, -0.25) is 14.8 Å². The van der Waals surface area contributed by atoms with Crippen molar-refractivity contribution in [1.29, 1.82) is 5.26 Å². The van der Waals surface area contributed by atoms with Crippen LogP contribution in [-0.4, -0.2) is 22.1 Å². The number of rotatable bonds is 0. The van der Waals surface area contributed by atoms with E-state index in [0.29, 0.717) is 16.6 Å². The molecule has 1 aromatic heterocycles. The molecule has 2 heterocycles. The molecule has 1 aliphatic heterocycles. The topological polar surface area (TPSA) is 86.3 Å². The number of aliphatic imine (C=N–C) groups is 1. The van der Waals surface area contributed by atoms with Gasteiger partial charge < -0.3 is 5.11 Å². The monoisotopic (exact) mass is 237 g/mol. The fourth-order valence-electron chi connectivity index (χ4n) is 2.02. The highest BCUT2D eigenvalue weighted by Crippen LogP contribution is 2.38. The van der Waals surface area contributed by atoms with Crippen molar-refractivity contribution < 1.29 is 9.90 Å². The molecule has 1 unspecified atom stereocenters. The predicted octanol–water partition coefficient (Wildman–Crippen LogP) is 1.98. The van der Waals surface area contributed by atoms with Crippen molar-refractivity contribution in [2.45, 2.75) is 0 Å². The summed E-state index contributed by atoms with van der Waals surface area (Å²) in [6.07, 6.45) is 2.88. The molecule has 0 saturated heterocycles. The summed E-state index contributed by atoms with van der Waals surface area (Å²) in [4.78, 5) is 20.3. The zero-order valence-electron chi connectivity index (χ0n) is 9.16. The molecule has 0 amide bonds. The molecule has 18 heavy (non-hydrogen) atoms. The zero-order valence-corrected chi connectivity index (χ0v) is 9.16. The number of ketones is 1. The van der Waals surface area contributed by atoms with Crippen LogP contribution in [0.2, 0.25) is 0 Å². The Hall–Kier alpha value is -2.74. The summed E-state index contributed by atoms with van der Waals surface area (Å²) in [7, 11) is 0. The Labute approximate surface area is 102 Å². The number of phenolic OH excluding ortho intramolecular Hbond substituents is 1. The van der Waals surface area contributed by atoms with Gasteiger partial charge in [0.1, 0.15) is 17.4 Å². The lowest BCUT2D eigenvalue weighted by molar-refractivity contribution is 0.0973. The molecule has 0 fully saturated rings. The van der Waals surface area contributed by atoms with Crippen LogP contribution in [0, 0.1) is 17.2 Å². The lowest BCUT2D eigenvalue weighted by atomic mass is 9.93. The van der Waals surface area contributed by atoms with Gasteiger partial charge >= 0.3 is 0 Å². The number of carbonyl (C=O) groups is 1. The van der Waals surface area contributed by atoms with Crippen LogP contribution in [0.5, 0.6) is 5.75 Å². The van der Waals surface area contributed by atoms with Crippen LogP contribution in [0.25, 0.3) is 10.9 Å². The highest BCUT2D eigenvalue weighted by molar-refractivity contribution is 6.19. The number of nitriles is 1. The van der Waals surface area contributed by atoms with Crippen molar-refractivity contribution in [3.05, 3.63) is 30.0 Å². The number of phenols is 1. The molecule has 0 bridgehead atoms. The van der Waals surface area contributed by atoms with Crippen LogP contribution >= 0.6 is 0 Å². The number of pyridine rings is 1. The van der Waals surface area contributed by atoms with Crippen LogP contribution in [0.3, 0.4) is 0 Å². The average Bonchev–Trinajstić information content (AvgIpc) is 2.39. The number of aromatic hydroxyl groups is 1. The van der Waals surface area contributed by atoms with Gasteiger partial charge in [-0.05, 0) is 12.1 Å². The standard InChI is InChI=1S/C13H7N3O2/c14-5-8-6-16-12-10(13(8)18)9(17)4-7-2-1-3-15-11(7)12/h1-4,6,8,17H. The van der Waals surface area contributed by atoms with E-state index in [1.165, 1.54) is 12.3 Å². The molecule has 1 atom stereocenters. The second-order valence-electron chi connectivity index (χ2n) is 3.94. The van der Waals surface area contributed by atoms with E-state index in [1.807, 2.05) is 6.07 Å². The van der Waals surface area contributed by atoms with Gasteiger partial charge in [0.25, 0.3) is 0 Å². The third kappa shape index (κ3) is 1.29. The molecule has 0 aliphatic carbocycles. The highest BCUT2D eigenvalue weighted by Gasteiger charge is 2.29. The number of benzene rings is 1. The third-order valence-corrected chi connectivity index (χ3v) is 2.87. The molecule has 5 heteroatoms. The number of aromatic nitrogens is 1. The molecule has 0 saturated carbocycles. The van der Waals surface area contributed by atoms with Crippen molar-refractivity contribution in [1.82, 2.24) is 4.98 Å². The first kappa shape index (κ1) is 10.4. The first-order valence-electron chi connectivity index (χ1n) is 5.31. The van der Waals surface area contributed by atoms with Gasteiger partial charge in [-0.25, -0.2) is 0 Å². The predicted molar refractivity (Wildman–Crippen MR) is 65.0 cm³/mol. The van der Waals surface area contributed by atoms with E-state index in [2.05, 4.69) is 9.98 Å². The second kappa shape index (κ2) is 3.64. The van der Waals surface area contributed by atoms with Gasteiger partial charge in [-0.1, -0.05) is 6.07 Å². The number of Topliss-reactive ketones (excluding diaryl/α,β-unsaturated/α-hetero) is 1. The van der Waals surface area contributed by atoms with E-state index >= 15 is 0 Å². The largest absolute Gasteiger partial charge is 0.507 e. The Balaban J connectivity index is 2.41. The Morgan fingerprint density at radius 2 is 2.28 bits per heavy atom. The quantitative estimate of drug-likeness (QED) is 0.758. The number of hydrogen-bond acceptors (Lipinski definition) is 5. The molecule has 1 N–H and O–H groups in total. The zero-order chi connectivity index (χ0) is 12.7. The molecule has 0 spiro atoms. The summed E-state index contributed by atoms with van der Waals surface area (Å²) >= 11 is 0. The average molecular weight is 237 g/mol. The smallest absolute Gasteiger partial charge is 0.191 e. The van der Waals surface area contributed by atoms with Crippen LogP contribution in [0.15, 0.2) is 29.4 Å². The van der Waals surface area contributed by atoms with E-state index in [-0.39, 0.29) is 11.3 Å². The van der Waals surface area contributed by atoms with Crippen molar-refractivity contribution in [2.24, 2.45) is 10.9 Å². The minimum Gasteiger partial charge on any atom is -0.507 e. The molecule has 86 valence electrons. The number of fused-ring (bicyclic) bond motifs is 3. The van der Waals surface area contributed by atoms with Crippen molar-refractivity contribution >= 4 is 28.6 Å². The van der Waals surface area contributed by atoms with Crippen LogP contribution in [-0.2, 0) is 0 Å². The summed E-state index contributed by atoms with van der Waals surface area (Å²) in [6, 6.07) is 6.82. The van der Waals surface area contributed by atoms with Crippen LogP contribution in [0.1, 0.15) is 10.4 Å². The molecule has 5 nitrogen and oxygen atoms in total. The van der Waals surface area contributed by atoms with Gasteiger partial charge in [0.05, 0.1) is 17.1 Å². The number of nitrogens with zero attached hydrogens (tertiary/aromatic N) is 3. The van der Waals surface area contributed by atoms with Crippen molar-refractivity contribution in [2.75, 3.05) is 0 Å². The summed E-state index contributed by atoms with van der Waals surface area (Å²) in [5.41, 5.74) is 0.962. The van der Waals surface area contributed by atoms with E-state index < -0.39 is 11.7 Å². The minimum atomic E-state index is -0.940. The SMILES string of the molecule is N#CC1C=Nc2c(c(O)cc3cccnc23)C1=O. The fraction of sp³-hybridized carbons (Fsp3) is 0.0769. The summed E-state index contributed by atoms with van der Waals surface area (Å²) in [5, 5.41) is 19.4. The Morgan fingerprint density at radius 1 is 1.44 bits per heavy atom. The van der Waals surface area contributed by atoms with Gasteiger partial charge in [-0.2, -0.15) is 5.26 Å². The number of hydrogen-bond donors (Lipinski definition) is 1. The molecular weight excluding hydrogens is 230 g/mol. The van der Waals surface area contributed by atoms with E-state index in [4.69, 9.17) is 5.26 Å². The molecule has 2 aromatic rings. The van der Waals surface area contributed by atoms with Crippen molar-refractivity contribution in [3.63, 3.8) is 0 Å². The minimum absolute atomic E-state index is 0.0789. The molecule has 3 rings (SSSR count).